The predicted molar refractivity (Wildman–Crippen MR) is 136 cm³/mol. The maximum Gasteiger partial charge on any atom is 0.227 e. The number of carbonyl (C=O) groups is 1. The van der Waals surface area contributed by atoms with Crippen LogP contribution >= 0.6 is 11.6 Å². The number of nitrogens with one attached hydrogen (secondary N) is 2. The largest absolute Gasteiger partial charge is 0.326 e. The molecule has 0 atom stereocenters. The third-order valence-corrected chi connectivity index (χ3v) is 5.45. The van der Waals surface area contributed by atoms with Crippen LogP contribution in [0.15, 0.2) is 36.5 Å². The van der Waals surface area contributed by atoms with Crippen molar-refractivity contribution in [2.24, 2.45) is 0 Å². The lowest BCUT2D eigenvalue weighted by Gasteiger charge is -2.14. The van der Waals surface area contributed by atoms with Gasteiger partial charge in [0.1, 0.15) is 8.07 Å². The Morgan fingerprint density at radius 3 is 2.50 bits per heavy atom. The van der Waals surface area contributed by atoms with Gasteiger partial charge in [0.2, 0.25) is 11.9 Å². The zero-order chi connectivity index (χ0) is 23.5. The van der Waals surface area contributed by atoms with Crippen LogP contribution in [-0.4, -0.2) is 42.9 Å². The molecule has 1 amide bonds. The summed E-state index contributed by atoms with van der Waals surface area (Å²) in [5.74, 6) is 3.53. The second-order valence-electron chi connectivity index (χ2n) is 9.05. The fraction of sp³-hybridized carbons (Fsp3) is 0.292. The highest BCUT2D eigenvalue weighted by atomic mass is 35.5. The summed E-state index contributed by atoms with van der Waals surface area (Å²) in [6.07, 6.45) is 1.74. The van der Waals surface area contributed by atoms with Crippen LogP contribution in [0.25, 0.3) is 10.9 Å². The van der Waals surface area contributed by atoms with Gasteiger partial charge in [-0.25, -0.2) is 9.97 Å². The summed E-state index contributed by atoms with van der Waals surface area (Å²) in [6.45, 7) is 8.83. The van der Waals surface area contributed by atoms with Crippen molar-refractivity contribution in [2.75, 3.05) is 24.7 Å². The number of benzene rings is 2. The molecule has 0 saturated heterocycles. The van der Waals surface area contributed by atoms with Gasteiger partial charge in [-0.05, 0) is 50.0 Å². The van der Waals surface area contributed by atoms with E-state index < -0.39 is 8.07 Å². The fourth-order valence-corrected chi connectivity index (χ4v) is 3.91. The highest BCUT2D eigenvalue weighted by Crippen LogP contribution is 2.26. The van der Waals surface area contributed by atoms with Gasteiger partial charge in [0.15, 0.2) is 0 Å². The smallest absolute Gasteiger partial charge is 0.227 e. The molecule has 3 rings (SSSR count). The molecule has 0 radical (unpaired) electrons. The van der Waals surface area contributed by atoms with Gasteiger partial charge in [-0.15, -0.1) is 5.54 Å². The summed E-state index contributed by atoms with van der Waals surface area (Å²) < 4.78 is 0. The van der Waals surface area contributed by atoms with Crippen molar-refractivity contribution < 1.29 is 4.79 Å². The second kappa shape index (κ2) is 9.70. The summed E-state index contributed by atoms with van der Waals surface area (Å²) in [5, 5.41) is 7.45. The molecule has 1 heterocycles. The molecule has 6 nitrogen and oxygen atoms in total. The zero-order valence-corrected chi connectivity index (χ0v) is 21.1. The van der Waals surface area contributed by atoms with Crippen LogP contribution in [0, 0.1) is 11.5 Å². The normalized spacial score (nSPS) is 11.2. The van der Waals surface area contributed by atoms with Crippen molar-refractivity contribution in [3.63, 3.8) is 0 Å². The molecule has 0 fully saturated rings. The number of amides is 1. The number of hydrogen-bond donors (Lipinski definition) is 2. The summed E-state index contributed by atoms with van der Waals surface area (Å²) in [4.78, 5) is 22.7. The molecule has 0 aliphatic carbocycles. The predicted octanol–water partition coefficient (Wildman–Crippen LogP) is 5.28. The summed E-state index contributed by atoms with van der Waals surface area (Å²) in [5.41, 5.74) is 7.42. The Balaban J connectivity index is 1.94. The maximum atomic E-state index is 11.5. The summed E-state index contributed by atoms with van der Waals surface area (Å²) in [7, 11) is 2.51. The monoisotopic (exact) mass is 465 g/mol. The second-order valence-corrected chi connectivity index (χ2v) is 14.2. The van der Waals surface area contributed by atoms with Crippen LogP contribution in [0.4, 0.5) is 17.3 Å². The Bertz CT molecular complexity index is 1220. The Kier molecular flexibility index (Phi) is 7.19. The number of fused-ring (bicyclic) bond motifs is 1. The SMILES string of the molecule is CC(=O)Nc1cc(CN(C)C)cc(Nc2ncc3cc(C#C[Si](C)(C)C)cc(Cl)c3n2)c1. The van der Waals surface area contributed by atoms with Gasteiger partial charge in [-0.2, -0.15) is 0 Å². The van der Waals surface area contributed by atoms with E-state index >= 15 is 0 Å². The molecule has 8 heteroatoms. The van der Waals surface area contributed by atoms with Crippen LogP contribution in [0.5, 0.6) is 0 Å². The van der Waals surface area contributed by atoms with Crippen LogP contribution in [0.1, 0.15) is 18.1 Å². The molecule has 2 aromatic carbocycles. The molecule has 0 aliphatic heterocycles. The lowest BCUT2D eigenvalue weighted by molar-refractivity contribution is -0.114. The third-order valence-electron chi connectivity index (χ3n) is 4.29. The van der Waals surface area contributed by atoms with Crippen LogP contribution in [-0.2, 0) is 11.3 Å². The van der Waals surface area contributed by atoms with E-state index in [2.05, 4.69) is 56.6 Å². The molecule has 166 valence electrons. The van der Waals surface area contributed by atoms with E-state index in [9.17, 15) is 4.79 Å². The van der Waals surface area contributed by atoms with Crippen LogP contribution in [0.2, 0.25) is 24.7 Å². The molecule has 0 aliphatic rings. The van der Waals surface area contributed by atoms with Crippen molar-refractivity contribution in [2.45, 2.75) is 33.1 Å². The van der Waals surface area contributed by atoms with E-state index in [1.165, 1.54) is 6.92 Å². The topological polar surface area (TPSA) is 70.2 Å². The number of aromatic nitrogens is 2. The van der Waals surface area contributed by atoms with Crippen molar-refractivity contribution >= 4 is 53.8 Å². The summed E-state index contributed by atoms with van der Waals surface area (Å²) in [6, 6.07) is 9.62. The molecule has 0 unspecified atom stereocenters. The molecule has 3 aromatic rings. The number of anilines is 3. The van der Waals surface area contributed by atoms with Gasteiger partial charge in [0.25, 0.3) is 0 Å². The van der Waals surface area contributed by atoms with Gasteiger partial charge >= 0.3 is 0 Å². The summed E-state index contributed by atoms with van der Waals surface area (Å²) >= 11 is 6.52. The van der Waals surface area contributed by atoms with Gasteiger partial charge in [-0.3, -0.25) is 4.79 Å². The van der Waals surface area contributed by atoms with Crippen molar-refractivity contribution in [1.29, 1.82) is 0 Å². The number of halogens is 1. The first-order valence-corrected chi connectivity index (χ1v) is 14.2. The first-order valence-electron chi connectivity index (χ1n) is 10.3. The average molecular weight is 466 g/mol. The number of nitrogens with zero attached hydrogens (tertiary/aromatic N) is 3. The van der Waals surface area contributed by atoms with E-state index in [-0.39, 0.29) is 5.91 Å². The molecular weight excluding hydrogens is 438 g/mol. The van der Waals surface area contributed by atoms with Crippen molar-refractivity contribution in [3.8, 4) is 11.5 Å². The minimum Gasteiger partial charge on any atom is -0.326 e. The Morgan fingerprint density at radius 1 is 1.12 bits per heavy atom. The van der Waals surface area contributed by atoms with E-state index in [0.717, 1.165) is 28.7 Å². The average Bonchev–Trinajstić information content (AvgIpc) is 2.65. The van der Waals surface area contributed by atoms with Gasteiger partial charge in [-0.1, -0.05) is 37.2 Å². The Labute approximate surface area is 195 Å². The number of rotatable bonds is 5. The lowest BCUT2D eigenvalue weighted by atomic mass is 10.1. The molecule has 0 bridgehead atoms. The molecule has 2 N–H and O–H groups in total. The van der Waals surface area contributed by atoms with Crippen LogP contribution in [0.3, 0.4) is 0 Å². The lowest BCUT2D eigenvalue weighted by Crippen LogP contribution is -2.16. The molecule has 0 spiro atoms. The number of carbonyl (C=O) groups excluding carboxylic acids is 1. The highest BCUT2D eigenvalue weighted by Gasteiger charge is 2.10. The van der Waals surface area contributed by atoms with E-state index in [0.29, 0.717) is 22.2 Å². The van der Waals surface area contributed by atoms with Gasteiger partial charge in [0.05, 0.1) is 10.5 Å². The minimum atomic E-state index is -1.48. The molecule has 1 aromatic heterocycles. The number of hydrogen-bond acceptors (Lipinski definition) is 5. The zero-order valence-electron chi connectivity index (χ0n) is 19.3. The van der Waals surface area contributed by atoms with Gasteiger partial charge in [0, 0.05) is 42.0 Å². The first kappa shape index (κ1) is 23.7. The fourth-order valence-electron chi connectivity index (χ4n) is 3.12. The van der Waals surface area contributed by atoms with E-state index in [4.69, 9.17) is 11.6 Å². The first-order chi connectivity index (χ1) is 15.0. The molecule has 32 heavy (non-hydrogen) atoms. The molecular formula is C24H28ClN5OSi. The molecule has 0 saturated carbocycles. The van der Waals surface area contributed by atoms with Gasteiger partial charge < -0.3 is 15.5 Å². The standard InChI is InChI=1S/C24H28ClN5OSi/c1-16(31)27-20-10-18(15-30(2)3)11-21(13-20)28-24-26-14-19-9-17(7-8-32(4,5)6)12-22(25)23(19)29-24/h9-14H,15H2,1-6H3,(H,27,31)(H,26,28,29). The van der Waals surface area contributed by atoms with E-state index in [1.807, 2.05) is 44.4 Å². The van der Waals surface area contributed by atoms with Crippen molar-refractivity contribution in [3.05, 3.63) is 52.7 Å². The van der Waals surface area contributed by atoms with Crippen molar-refractivity contribution in [1.82, 2.24) is 14.9 Å². The highest BCUT2D eigenvalue weighted by molar-refractivity contribution is 6.83. The third kappa shape index (κ3) is 6.79. The quantitative estimate of drug-likeness (QED) is 0.396. The van der Waals surface area contributed by atoms with E-state index in [1.54, 1.807) is 6.20 Å². The minimum absolute atomic E-state index is 0.125. The Morgan fingerprint density at radius 2 is 1.84 bits per heavy atom. The Hall–Kier alpha value is -2.92. The maximum absolute atomic E-state index is 11.5. The van der Waals surface area contributed by atoms with Crippen LogP contribution < -0.4 is 10.6 Å².